The minimum Gasteiger partial charge on any atom is -0.477 e. The summed E-state index contributed by atoms with van der Waals surface area (Å²) in [6, 6.07) is 0. The molecule has 0 saturated heterocycles. The summed E-state index contributed by atoms with van der Waals surface area (Å²) < 4.78 is 22.7. The van der Waals surface area contributed by atoms with E-state index in [1.807, 2.05) is 33.3 Å². The predicted octanol–water partition coefficient (Wildman–Crippen LogP) is 14.6. The van der Waals surface area contributed by atoms with Crippen molar-refractivity contribution in [2.24, 2.45) is 0 Å². The fraction of sp³-hybridized carbons (Fsp3) is 0.603. The van der Waals surface area contributed by atoms with E-state index >= 15 is 0 Å². The summed E-state index contributed by atoms with van der Waals surface area (Å²) in [7, 11) is 5.92. The summed E-state index contributed by atoms with van der Waals surface area (Å²) in [4.78, 5) is 37.3. The molecule has 0 fully saturated rings. The van der Waals surface area contributed by atoms with Gasteiger partial charge in [-0.3, -0.25) is 9.59 Å². The molecular weight excluding hydrogens is 839 g/mol. The molecule has 0 spiro atoms. The van der Waals surface area contributed by atoms with Gasteiger partial charge in [0.2, 0.25) is 0 Å². The summed E-state index contributed by atoms with van der Waals surface area (Å²) in [5.74, 6) is -2.14. The van der Waals surface area contributed by atoms with Gasteiger partial charge in [-0.05, 0) is 89.9 Å². The van der Waals surface area contributed by atoms with Crippen molar-refractivity contribution in [3.8, 4) is 0 Å². The van der Waals surface area contributed by atoms with Crippen LogP contribution in [-0.2, 0) is 33.3 Å². The van der Waals surface area contributed by atoms with Crippen molar-refractivity contribution in [2.45, 2.75) is 180 Å². The van der Waals surface area contributed by atoms with Crippen molar-refractivity contribution in [1.82, 2.24) is 0 Å². The first-order chi connectivity index (χ1) is 32.6. The molecule has 0 aromatic rings. The first-order valence-corrected chi connectivity index (χ1v) is 25.7. The molecule has 0 aliphatic heterocycles. The highest BCUT2D eigenvalue weighted by molar-refractivity contribution is 5.71. The molecular formula is C58H94NO8+. The second-order valence-corrected chi connectivity index (χ2v) is 17.7. The fourth-order valence-electron chi connectivity index (χ4n) is 6.32. The van der Waals surface area contributed by atoms with Gasteiger partial charge in [-0.15, -0.1) is 0 Å². The molecule has 0 bridgehead atoms. The van der Waals surface area contributed by atoms with Gasteiger partial charge in [-0.2, -0.15) is 0 Å². The van der Waals surface area contributed by atoms with Crippen LogP contribution in [0.25, 0.3) is 0 Å². The molecule has 2 unspecified atom stereocenters. The lowest BCUT2D eigenvalue weighted by Crippen LogP contribution is -2.40. The Kier molecular flexibility index (Phi) is 45.1. The number of nitrogens with zero attached hydrogens (tertiary/aromatic N) is 1. The molecule has 0 amide bonds. The molecule has 0 rings (SSSR count). The molecule has 67 heavy (non-hydrogen) atoms. The van der Waals surface area contributed by atoms with E-state index in [-0.39, 0.29) is 38.6 Å². The number of rotatable bonds is 45. The zero-order valence-corrected chi connectivity index (χ0v) is 42.8. The SMILES string of the molecule is CC/C=C\C/C=C\C/C=C\C/C=C\C/C=C\C/C=C\CCC(=O)OC(COC(=O)CCCCCCCCCCCC/C=C\C/C=C\C/C=C\C/C=C\CC)COC(OCC[N+](C)(C)C)C(=O)O. The van der Waals surface area contributed by atoms with Crippen LogP contribution in [0.1, 0.15) is 168 Å². The lowest BCUT2D eigenvalue weighted by Gasteiger charge is -2.25. The van der Waals surface area contributed by atoms with Crippen molar-refractivity contribution in [3.63, 3.8) is 0 Å². The number of hydrogen-bond donors (Lipinski definition) is 1. The number of carboxylic acids is 1. The Labute approximate surface area is 408 Å². The van der Waals surface area contributed by atoms with E-state index in [4.69, 9.17) is 18.9 Å². The molecule has 0 aliphatic carbocycles. The fourth-order valence-corrected chi connectivity index (χ4v) is 6.32. The van der Waals surface area contributed by atoms with Gasteiger partial charge >= 0.3 is 17.9 Å². The number of carboxylic acid groups (broad SMARTS) is 1. The van der Waals surface area contributed by atoms with E-state index in [0.717, 1.165) is 96.3 Å². The Hall–Kier alpha value is -4.31. The van der Waals surface area contributed by atoms with Crippen molar-refractivity contribution in [1.29, 1.82) is 0 Å². The van der Waals surface area contributed by atoms with Gasteiger partial charge in [0.05, 0.1) is 34.4 Å². The Morgan fingerprint density at radius 3 is 1.25 bits per heavy atom. The average Bonchev–Trinajstić information content (AvgIpc) is 3.29. The zero-order valence-electron chi connectivity index (χ0n) is 42.8. The van der Waals surface area contributed by atoms with Gasteiger partial charge in [-0.25, -0.2) is 4.79 Å². The normalized spacial score (nSPS) is 13.9. The number of allylic oxidation sites excluding steroid dienone is 20. The van der Waals surface area contributed by atoms with Crippen molar-refractivity contribution < 1.29 is 42.9 Å². The standard InChI is InChI=1S/C58H93NO8/c1-6-8-10-12-14-16-18-20-22-24-26-27-28-29-31-32-34-36-38-40-42-44-46-48-55(60)65-52-54(53-66-58(57(62)63)64-51-50-59(3,4)5)67-56(61)49-47-45-43-41-39-37-35-33-30-25-23-21-19-17-15-13-11-9-7-2/h8-11,14-17,20-23,26-27,30,33,37,39,43,45,54,58H,6-7,12-13,18-19,24-25,28-29,31-32,34-36,38,40-42,44,46-53H2,1-5H3/p+1/b10-8-,11-9-,16-14-,17-15-,22-20-,23-21-,27-26-,33-30-,39-37-,45-43-. The van der Waals surface area contributed by atoms with E-state index in [1.54, 1.807) is 0 Å². The van der Waals surface area contributed by atoms with Crippen molar-refractivity contribution >= 4 is 17.9 Å². The quantitative estimate of drug-likeness (QED) is 0.0211. The molecule has 0 aromatic heterocycles. The van der Waals surface area contributed by atoms with E-state index in [2.05, 4.69) is 123 Å². The largest absolute Gasteiger partial charge is 0.477 e. The molecule has 1 N–H and O–H groups in total. The summed E-state index contributed by atoms with van der Waals surface area (Å²) >= 11 is 0. The Morgan fingerprint density at radius 2 is 0.836 bits per heavy atom. The molecule has 9 heteroatoms. The van der Waals surface area contributed by atoms with Crippen LogP contribution in [0.2, 0.25) is 0 Å². The van der Waals surface area contributed by atoms with E-state index < -0.39 is 24.3 Å². The van der Waals surface area contributed by atoms with Gasteiger partial charge in [0.25, 0.3) is 6.29 Å². The lowest BCUT2D eigenvalue weighted by atomic mass is 10.1. The monoisotopic (exact) mass is 933 g/mol. The van der Waals surface area contributed by atoms with Crippen LogP contribution < -0.4 is 0 Å². The van der Waals surface area contributed by atoms with Crippen LogP contribution in [0.5, 0.6) is 0 Å². The highest BCUT2D eigenvalue weighted by Gasteiger charge is 2.25. The van der Waals surface area contributed by atoms with Crippen LogP contribution in [-0.4, -0.2) is 87.4 Å². The Balaban J connectivity index is 4.46. The van der Waals surface area contributed by atoms with Gasteiger partial charge in [0.15, 0.2) is 6.10 Å². The molecule has 2 atom stereocenters. The summed E-state index contributed by atoms with van der Waals surface area (Å²) in [5, 5.41) is 9.67. The topological polar surface area (TPSA) is 108 Å². The Bertz CT molecular complexity index is 1510. The second kappa shape index (κ2) is 48.2. The molecule has 0 heterocycles. The zero-order chi connectivity index (χ0) is 49.2. The highest BCUT2D eigenvalue weighted by atomic mass is 16.7. The van der Waals surface area contributed by atoms with Crippen LogP contribution in [0.15, 0.2) is 122 Å². The van der Waals surface area contributed by atoms with Crippen molar-refractivity contribution in [3.05, 3.63) is 122 Å². The number of quaternary nitrogens is 1. The maximum Gasteiger partial charge on any atom is 0.361 e. The second-order valence-electron chi connectivity index (χ2n) is 17.7. The maximum atomic E-state index is 12.8. The number of esters is 2. The average molecular weight is 933 g/mol. The molecule has 0 aromatic carbocycles. The van der Waals surface area contributed by atoms with Gasteiger partial charge < -0.3 is 28.5 Å². The summed E-state index contributed by atoms with van der Waals surface area (Å²) in [6.07, 6.45) is 64.2. The molecule has 0 aliphatic rings. The van der Waals surface area contributed by atoms with E-state index in [0.29, 0.717) is 17.4 Å². The van der Waals surface area contributed by atoms with Crippen LogP contribution in [0, 0.1) is 0 Å². The number of likely N-dealkylation sites (N-methyl/N-ethyl adjacent to an activating group) is 1. The minimum absolute atomic E-state index is 0.127. The maximum absolute atomic E-state index is 12.8. The number of ether oxygens (including phenoxy) is 4. The number of hydrogen-bond acceptors (Lipinski definition) is 7. The van der Waals surface area contributed by atoms with Crippen LogP contribution in [0.4, 0.5) is 0 Å². The Morgan fingerprint density at radius 1 is 0.448 bits per heavy atom. The summed E-state index contributed by atoms with van der Waals surface area (Å²) in [5.41, 5.74) is 0. The predicted molar refractivity (Wildman–Crippen MR) is 281 cm³/mol. The van der Waals surface area contributed by atoms with Gasteiger partial charge in [0.1, 0.15) is 13.2 Å². The first kappa shape index (κ1) is 62.7. The van der Waals surface area contributed by atoms with Gasteiger partial charge in [0, 0.05) is 12.8 Å². The number of aliphatic carboxylic acids is 1. The van der Waals surface area contributed by atoms with E-state index in [1.165, 1.54) is 38.5 Å². The smallest absolute Gasteiger partial charge is 0.361 e. The summed E-state index contributed by atoms with van der Waals surface area (Å²) in [6.45, 7) is 4.53. The van der Waals surface area contributed by atoms with Crippen LogP contribution in [0.3, 0.4) is 0 Å². The third kappa shape index (κ3) is 49.4. The minimum atomic E-state index is -1.54. The van der Waals surface area contributed by atoms with Gasteiger partial charge in [-0.1, -0.05) is 187 Å². The van der Waals surface area contributed by atoms with Crippen molar-refractivity contribution in [2.75, 3.05) is 47.5 Å². The molecule has 0 saturated carbocycles. The third-order valence-electron chi connectivity index (χ3n) is 10.2. The third-order valence-corrected chi connectivity index (χ3v) is 10.2. The first-order valence-electron chi connectivity index (χ1n) is 25.7. The highest BCUT2D eigenvalue weighted by Crippen LogP contribution is 2.13. The molecule has 378 valence electrons. The number of carbonyl (C=O) groups is 3. The van der Waals surface area contributed by atoms with E-state index in [9.17, 15) is 19.5 Å². The number of carbonyl (C=O) groups excluding carboxylic acids is 2. The molecule has 0 radical (unpaired) electrons. The van der Waals surface area contributed by atoms with Crippen LogP contribution >= 0.6 is 0 Å². The number of unbranched alkanes of at least 4 members (excludes halogenated alkanes) is 10. The lowest BCUT2D eigenvalue weighted by molar-refractivity contribution is -0.870. The molecule has 9 nitrogen and oxygen atoms in total.